The summed E-state index contributed by atoms with van der Waals surface area (Å²) < 4.78 is 54.1. The fourth-order valence-electron chi connectivity index (χ4n) is 11.3. The fourth-order valence-corrected chi connectivity index (χ4v) is 11.3. The summed E-state index contributed by atoms with van der Waals surface area (Å²) in [6.45, 7) is 15.4. The van der Waals surface area contributed by atoms with Gasteiger partial charge in [0.15, 0.2) is 5.79 Å². The molecule has 284 valence electrons. The number of carbonyl (C=O) groups excluding carboxylic acids is 1. The van der Waals surface area contributed by atoms with E-state index < -0.39 is 11.9 Å². The maximum absolute atomic E-state index is 14.0. The van der Waals surface area contributed by atoms with Crippen LogP contribution < -0.4 is 0 Å². The van der Waals surface area contributed by atoms with E-state index in [1.54, 1.807) is 0 Å². The van der Waals surface area contributed by atoms with Crippen molar-refractivity contribution in [3.63, 3.8) is 0 Å². The highest BCUT2D eigenvalue weighted by atomic mass is 16.8. The van der Waals surface area contributed by atoms with E-state index in [-0.39, 0.29) is 103 Å². The first-order valence-electron chi connectivity index (χ1n) is 20.4. The summed E-state index contributed by atoms with van der Waals surface area (Å²) in [5, 5.41) is 10.6. The highest BCUT2D eigenvalue weighted by Gasteiger charge is 2.68. The quantitative estimate of drug-likeness (QED) is 0.376. The molecule has 0 aromatic carbocycles. The van der Waals surface area contributed by atoms with Gasteiger partial charge in [0, 0.05) is 32.1 Å². The van der Waals surface area contributed by atoms with Gasteiger partial charge in [-0.2, -0.15) is 0 Å². The molecular weight excluding hydrogens is 652 g/mol. The number of ether oxygens (including phenoxy) is 8. The van der Waals surface area contributed by atoms with Crippen LogP contribution in [-0.4, -0.2) is 108 Å². The normalized spacial score (nSPS) is 53.2. The second-order valence-corrected chi connectivity index (χ2v) is 17.8. The van der Waals surface area contributed by atoms with E-state index in [0.29, 0.717) is 44.4 Å². The first kappa shape index (κ1) is 35.5. The van der Waals surface area contributed by atoms with Gasteiger partial charge >= 0.3 is 0 Å². The third-order valence-corrected chi connectivity index (χ3v) is 14.4. The molecule has 10 rings (SSSR count). The van der Waals surface area contributed by atoms with Crippen LogP contribution in [0.5, 0.6) is 0 Å². The molecule has 1 N–H and O–H groups in total. The summed E-state index contributed by atoms with van der Waals surface area (Å²) in [4.78, 5) is 14.0. The number of fused-ring (bicyclic) bond motifs is 6. The highest BCUT2D eigenvalue weighted by molar-refractivity contribution is 5.79. The fraction of sp³-hybridized carbons (Fsp3) is 0.878. The number of hydrogen-bond acceptors (Lipinski definition) is 10. The highest BCUT2D eigenvalue weighted by Crippen LogP contribution is 2.54. The topological polar surface area (TPSA) is 111 Å². The zero-order chi connectivity index (χ0) is 35.2. The minimum atomic E-state index is -0.757. The van der Waals surface area contributed by atoms with Gasteiger partial charge in [0.2, 0.25) is 0 Å². The number of hydrogen-bond donors (Lipinski definition) is 1. The monoisotopic (exact) mass is 712 g/mol. The van der Waals surface area contributed by atoms with E-state index in [1.807, 2.05) is 6.92 Å². The van der Waals surface area contributed by atoms with E-state index in [4.69, 9.17) is 37.9 Å². The molecule has 10 fully saturated rings. The Kier molecular flexibility index (Phi) is 9.62. The maximum atomic E-state index is 14.0. The van der Waals surface area contributed by atoms with Crippen molar-refractivity contribution in [3.05, 3.63) is 24.3 Å². The van der Waals surface area contributed by atoms with Gasteiger partial charge in [0.25, 0.3) is 0 Å². The van der Waals surface area contributed by atoms with Crippen LogP contribution in [-0.2, 0) is 42.7 Å². The van der Waals surface area contributed by atoms with Crippen LogP contribution in [0, 0.1) is 17.8 Å². The number of rotatable bonds is 3. The van der Waals surface area contributed by atoms with E-state index in [2.05, 4.69) is 27.0 Å². The molecule has 10 aliphatic heterocycles. The average molecular weight is 713 g/mol. The second-order valence-electron chi connectivity index (χ2n) is 17.8. The Labute approximate surface area is 303 Å². The van der Waals surface area contributed by atoms with Crippen LogP contribution >= 0.6 is 0 Å². The Bertz CT molecular complexity index is 1350. The predicted octanol–water partition coefficient (Wildman–Crippen LogP) is 5.51. The summed E-state index contributed by atoms with van der Waals surface area (Å²) in [5.74, 6) is -0.0766. The molecular formula is C41H60O10. The molecule has 10 saturated heterocycles. The van der Waals surface area contributed by atoms with Crippen LogP contribution in [0.25, 0.3) is 0 Å². The number of carbonyl (C=O) groups is 1. The SMILES string of the molecule is C=C1C[C@@H]2CC[C@@]34C[C@H]5O[C@H]6[C@@H](O3)[C@H]3OC(CC[C@@H]3O[C@H]6[C@H]5O4)CC(=O)C[C@@H]3[C@@H](C)[C@@H](C[C@H](O)CC)O[C@H]3CC3O[C@@H](CCC1O2)C[C@@H](C)C3=C. The van der Waals surface area contributed by atoms with Crippen molar-refractivity contribution in [2.24, 2.45) is 17.8 Å². The van der Waals surface area contributed by atoms with Crippen molar-refractivity contribution in [3.8, 4) is 0 Å². The Balaban J connectivity index is 0.986. The molecule has 3 unspecified atom stereocenters. The zero-order valence-corrected chi connectivity index (χ0v) is 30.8. The van der Waals surface area contributed by atoms with Crippen molar-refractivity contribution in [1.82, 2.24) is 0 Å². The maximum Gasteiger partial charge on any atom is 0.172 e. The summed E-state index contributed by atoms with van der Waals surface area (Å²) in [6.07, 6.45) is 7.89. The molecule has 10 heterocycles. The van der Waals surface area contributed by atoms with E-state index >= 15 is 0 Å². The number of aliphatic hydroxyl groups excluding tert-OH is 1. The lowest BCUT2D eigenvalue weighted by Gasteiger charge is -2.47. The van der Waals surface area contributed by atoms with Gasteiger partial charge in [-0.15, -0.1) is 0 Å². The van der Waals surface area contributed by atoms with E-state index in [9.17, 15) is 9.90 Å². The smallest absolute Gasteiger partial charge is 0.172 e. The molecule has 0 aliphatic carbocycles. The van der Waals surface area contributed by atoms with Crippen molar-refractivity contribution >= 4 is 5.78 Å². The molecule has 0 saturated carbocycles. The molecule has 0 aromatic rings. The molecule has 51 heavy (non-hydrogen) atoms. The second kappa shape index (κ2) is 13.8. The third-order valence-electron chi connectivity index (χ3n) is 14.4. The summed E-state index contributed by atoms with van der Waals surface area (Å²) in [6, 6.07) is 0. The summed E-state index contributed by atoms with van der Waals surface area (Å²) in [7, 11) is 0. The van der Waals surface area contributed by atoms with Crippen molar-refractivity contribution < 1.29 is 47.8 Å². The lowest BCUT2D eigenvalue weighted by Crippen LogP contribution is -2.61. The Morgan fingerprint density at radius 3 is 2.33 bits per heavy atom. The van der Waals surface area contributed by atoms with Crippen LogP contribution in [0.4, 0.5) is 0 Å². The molecule has 0 aromatic heterocycles. The van der Waals surface area contributed by atoms with Gasteiger partial charge < -0.3 is 43.0 Å². The Morgan fingerprint density at radius 1 is 0.745 bits per heavy atom. The van der Waals surface area contributed by atoms with E-state index in [0.717, 1.165) is 62.5 Å². The molecule has 0 radical (unpaired) electrons. The first-order chi connectivity index (χ1) is 24.6. The largest absolute Gasteiger partial charge is 0.393 e. The van der Waals surface area contributed by atoms with Gasteiger partial charge in [-0.1, -0.05) is 33.9 Å². The Hall–Kier alpha value is -1.21. The van der Waals surface area contributed by atoms with Gasteiger partial charge in [0.05, 0.1) is 61.0 Å². The van der Waals surface area contributed by atoms with Gasteiger partial charge in [-0.05, 0) is 86.7 Å². The van der Waals surface area contributed by atoms with Gasteiger partial charge in [0.1, 0.15) is 36.3 Å². The van der Waals surface area contributed by atoms with E-state index in [1.165, 1.54) is 0 Å². The molecule has 0 amide bonds. The zero-order valence-electron chi connectivity index (χ0n) is 30.8. The number of ketones is 1. The van der Waals surface area contributed by atoms with Crippen LogP contribution in [0.3, 0.4) is 0 Å². The summed E-state index contributed by atoms with van der Waals surface area (Å²) in [5.41, 5.74) is 2.28. The lowest BCUT2D eigenvalue weighted by molar-refractivity contribution is -0.292. The van der Waals surface area contributed by atoms with Crippen molar-refractivity contribution in [1.29, 1.82) is 0 Å². The molecule has 12 bridgehead atoms. The molecule has 19 atom stereocenters. The van der Waals surface area contributed by atoms with Gasteiger partial charge in [-0.3, -0.25) is 4.79 Å². The number of aliphatic hydroxyl groups is 1. The predicted molar refractivity (Wildman–Crippen MR) is 186 cm³/mol. The molecule has 10 aliphatic rings. The molecule has 1 spiro atoms. The number of Topliss-reactive ketones (excluding diaryl/α,β-unsaturated/α-hetero) is 1. The minimum Gasteiger partial charge on any atom is -0.393 e. The molecule has 10 heteroatoms. The van der Waals surface area contributed by atoms with Crippen LogP contribution in [0.2, 0.25) is 0 Å². The van der Waals surface area contributed by atoms with Gasteiger partial charge in [-0.25, -0.2) is 0 Å². The van der Waals surface area contributed by atoms with Crippen molar-refractivity contribution in [2.75, 3.05) is 0 Å². The lowest BCUT2D eigenvalue weighted by atomic mass is 9.78. The first-order valence-corrected chi connectivity index (χ1v) is 20.4. The Morgan fingerprint density at radius 2 is 1.49 bits per heavy atom. The van der Waals surface area contributed by atoms with Crippen molar-refractivity contribution in [2.45, 2.75) is 208 Å². The third kappa shape index (κ3) is 6.54. The minimum absolute atomic E-state index is 0.0115. The standard InChI is InChI=1S/C41H60O10/c1-6-24(42)17-32-23(5)29-16-25(43)15-27-8-10-31-36(46-27)40-39-38(48-31)37-35(49-39)19-41(50-37,51-40)12-11-28-14-21(3)30(44-28)9-7-26-13-20(2)22(4)33(45-26)18-34(29)47-32/h20,23-24,26-40,42H,3-4,6-19H2,1-2,5H3/t20-,23-,24-,26+,27?,28+,29-,30?,31+,32-,33?,34+,35-,36+,37+,38+,39-,40+,41+/m1/s1. The van der Waals surface area contributed by atoms with Crippen LogP contribution in [0.1, 0.15) is 111 Å². The van der Waals surface area contributed by atoms with Crippen LogP contribution in [0.15, 0.2) is 24.3 Å². The average Bonchev–Trinajstić information content (AvgIpc) is 3.77. The summed E-state index contributed by atoms with van der Waals surface area (Å²) >= 11 is 0. The molecule has 10 nitrogen and oxygen atoms in total.